The normalized spacial score (nSPS) is 12.5. The fourth-order valence-corrected chi connectivity index (χ4v) is 4.86. The average Bonchev–Trinajstić information content (AvgIpc) is 3.28. The van der Waals surface area contributed by atoms with Crippen LogP contribution in [0.3, 0.4) is 0 Å². The number of methoxy groups -OCH3 is 1. The zero-order chi connectivity index (χ0) is 19.5. The minimum atomic E-state index is -0.150. The summed E-state index contributed by atoms with van der Waals surface area (Å²) in [5.41, 5.74) is 3.36. The van der Waals surface area contributed by atoms with E-state index < -0.39 is 0 Å². The first-order valence-electron chi connectivity index (χ1n) is 9.09. The van der Waals surface area contributed by atoms with E-state index in [2.05, 4.69) is 15.6 Å². The second-order valence-corrected chi connectivity index (χ2v) is 8.08. The van der Waals surface area contributed by atoms with Gasteiger partial charge in [-0.25, -0.2) is 0 Å². The molecule has 1 aliphatic rings. The number of nitrogens with zero attached hydrogens (tertiary/aromatic N) is 1. The Morgan fingerprint density at radius 1 is 1.29 bits per heavy atom. The number of pyridine rings is 1. The maximum absolute atomic E-state index is 13.2. The van der Waals surface area contributed by atoms with Gasteiger partial charge in [0.2, 0.25) is 0 Å². The molecule has 0 saturated heterocycles. The van der Waals surface area contributed by atoms with Crippen LogP contribution >= 0.6 is 22.9 Å². The number of fused-ring (bicyclic) bond motifs is 1. The van der Waals surface area contributed by atoms with Crippen LogP contribution in [0.15, 0.2) is 42.6 Å². The highest BCUT2D eigenvalue weighted by Gasteiger charge is 2.27. The maximum atomic E-state index is 13.2. The number of hydrogen-bond donors (Lipinski definition) is 2. The molecule has 0 spiro atoms. The molecular formula is C21H20ClN3O2S. The predicted octanol–water partition coefficient (Wildman–Crippen LogP) is 5.16. The van der Waals surface area contributed by atoms with Gasteiger partial charge in [-0.15, -0.1) is 11.3 Å². The van der Waals surface area contributed by atoms with Crippen molar-refractivity contribution in [3.8, 4) is 5.75 Å². The monoisotopic (exact) mass is 413 g/mol. The molecule has 1 aliphatic carbocycles. The Morgan fingerprint density at radius 3 is 2.96 bits per heavy atom. The molecule has 2 heterocycles. The smallest absolute Gasteiger partial charge is 0.259 e. The topological polar surface area (TPSA) is 63.2 Å². The van der Waals surface area contributed by atoms with Crippen LogP contribution in [-0.2, 0) is 19.4 Å². The lowest BCUT2D eigenvalue weighted by Gasteiger charge is -2.13. The van der Waals surface area contributed by atoms with E-state index in [9.17, 15) is 4.79 Å². The van der Waals surface area contributed by atoms with Crippen molar-refractivity contribution in [1.29, 1.82) is 0 Å². The molecule has 144 valence electrons. The Morgan fingerprint density at radius 2 is 2.18 bits per heavy atom. The third kappa shape index (κ3) is 3.84. The molecule has 5 nitrogen and oxygen atoms in total. The summed E-state index contributed by atoms with van der Waals surface area (Å²) in [5, 5.41) is 7.80. The second kappa shape index (κ2) is 8.20. The van der Waals surface area contributed by atoms with Crippen LogP contribution in [0.2, 0.25) is 5.02 Å². The molecule has 28 heavy (non-hydrogen) atoms. The lowest BCUT2D eigenvalue weighted by molar-refractivity contribution is 0.102. The third-order valence-corrected chi connectivity index (χ3v) is 6.20. The number of nitrogens with one attached hydrogen (secondary N) is 2. The van der Waals surface area contributed by atoms with Gasteiger partial charge in [-0.05, 0) is 55.2 Å². The summed E-state index contributed by atoms with van der Waals surface area (Å²) in [5.74, 6) is 0.427. The molecule has 1 amide bonds. The summed E-state index contributed by atoms with van der Waals surface area (Å²) in [7, 11) is 1.57. The van der Waals surface area contributed by atoms with Gasteiger partial charge < -0.3 is 15.4 Å². The summed E-state index contributed by atoms with van der Waals surface area (Å²) in [6.45, 7) is 0.570. The van der Waals surface area contributed by atoms with Crippen molar-refractivity contribution in [2.24, 2.45) is 0 Å². The fraction of sp³-hybridized carbons (Fsp3) is 0.238. The summed E-state index contributed by atoms with van der Waals surface area (Å²) in [6.07, 6.45) is 4.80. The van der Waals surface area contributed by atoms with Gasteiger partial charge in [0, 0.05) is 16.1 Å². The number of halogens is 1. The second-order valence-electron chi connectivity index (χ2n) is 6.53. The number of amides is 1. The third-order valence-electron chi connectivity index (χ3n) is 4.71. The van der Waals surface area contributed by atoms with Crippen LogP contribution in [0.25, 0.3) is 0 Å². The molecule has 2 N–H and O–H groups in total. The quantitative estimate of drug-likeness (QED) is 0.586. The molecule has 0 aliphatic heterocycles. The van der Waals surface area contributed by atoms with Gasteiger partial charge in [0.1, 0.15) is 10.8 Å². The Bertz CT molecular complexity index is 1000. The van der Waals surface area contributed by atoms with Gasteiger partial charge in [0.25, 0.3) is 5.91 Å². The number of aromatic nitrogens is 1. The molecule has 4 rings (SSSR count). The number of aryl methyl sites for hydroxylation is 1. The molecule has 1 aromatic carbocycles. The van der Waals surface area contributed by atoms with Crippen molar-refractivity contribution in [1.82, 2.24) is 4.98 Å². The van der Waals surface area contributed by atoms with Crippen LogP contribution in [0.1, 0.15) is 32.9 Å². The number of carbonyl (C=O) groups is 1. The van der Waals surface area contributed by atoms with E-state index in [4.69, 9.17) is 16.3 Å². The SMILES string of the molecule is COc1ccc(Cl)cc1NC(=O)c1c(NCc2ccccn2)sc2c1CCC2. The summed E-state index contributed by atoms with van der Waals surface area (Å²) in [4.78, 5) is 18.8. The van der Waals surface area contributed by atoms with Crippen molar-refractivity contribution >= 4 is 39.5 Å². The first-order chi connectivity index (χ1) is 13.7. The number of ether oxygens (including phenoxy) is 1. The molecule has 0 bridgehead atoms. The minimum Gasteiger partial charge on any atom is -0.495 e. The Balaban J connectivity index is 1.61. The zero-order valence-electron chi connectivity index (χ0n) is 15.4. The highest BCUT2D eigenvalue weighted by molar-refractivity contribution is 7.16. The van der Waals surface area contributed by atoms with Crippen LogP contribution in [0.5, 0.6) is 5.75 Å². The largest absolute Gasteiger partial charge is 0.495 e. The van der Waals surface area contributed by atoms with Gasteiger partial charge in [-0.3, -0.25) is 9.78 Å². The first-order valence-corrected chi connectivity index (χ1v) is 10.3. The molecule has 0 atom stereocenters. The summed E-state index contributed by atoms with van der Waals surface area (Å²) < 4.78 is 5.35. The molecular weight excluding hydrogens is 394 g/mol. The molecule has 0 fully saturated rings. The predicted molar refractivity (Wildman–Crippen MR) is 114 cm³/mol. The Labute approximate surface area is 172 Å². The van der Waals surface area contributed by atoms with E-state index in [1.807, 2.05) is 18.2 Å². The zero-order valence-corrected chi connectivity index (χ0v) is 17.0. The van der Waals surface area contributed by atoms with Crippen LogP contribution in [0, 0.1) is 0 Å². The summed E-state index contributed by atoms with van der Waals surface area (Å²) in [6, 6.07) is 11.0. The number of rotatable bonds is 6. The van der Waals surface area contributed by atoms with Crippen LogP contribution in [-0.4, -0.2) is 18.0 Å². The van der Waals surface area contributed by atoms with E-state index in [0.29, 0.717) is 23.0 Å². The van der Waals surface area contributed by atoms with Crippen molar-refractivity contribution in [3.05, 3.63) is 69.3 Å². The Hall–Kier alpha value is -2.57. The van der Waals surface area contributed by atoms with Gasteiger partial charge in [0.05, 0.1) is 30.6 Å². The van der Waals surface area contributed by atoms with E-state index >= 15 is 0 Å². The standard InChI is InChI=1S/C21H20ClN3O2S/c1-27-17-9-8-13(22)11-16(17)25-20(26)19-15-6-4-7-18(15)28-21(19)24-12-14-5-2-3-10-23-14/h2-3,5,8-11,24H,4,6-7,12H2,1H3,(H,25,26). The van der Waals surface area contributed by atoms with Crippen molar-refractivity contribution in [2.45, 2.75) is 25.8 Å². The average molecular weight is 414 g/mol. The Kier molecular flexibility index (Phi) is 5.50. The molecule has 7 heteroatoms. The van der Waals surface area contributed by atoms with E-state index in [-0.39, 0.29) is 5.91 Å². The highest BCUT2D eigenvalue weighted by Crippen LogP contribution is 2.40. The summed E-state index contributed by atoms with van der Waals surface area (Å²) >= 11 is 7.76. The fourth-order valence-electron chi connectivity index (χ4n) is 3.41. The number of anilines is 2. The van der Waals surface area contributed by atoms with Gasteiger partial charge in [0.15, 0.2) is 0 Å². The minimum absolute atomic E-state index is 0.150. The molecule has 3 aromatic rings. The lowest BCUT2D eigenvalue weighted by atomic mass is 10.1. The highest BCUT2D eigenvalue weighted by atomic mass is 35.5. The molecule has 0 radical (unpaired) electrons. The van der Waals surface area contributed by atoms with Gasteiger partial charge in [-0.2, -0.15) is 0 Å². The molecule has 0 saturated carbocycles. The van der Waals surface area contributed by atoms with Crippen molar-refractivity contribution in [2.75, 3.05) is 17.7 Å². The van der Waals surface area contributed by atoms with E-state index in [1.54, 1.807) is 42.8 Å². The first kappa shape index (κ1) is 18.8. The van der Waals surface area contributed by atoms with Crippen molar-refractivity contribution < 1.29 is 9.53 Å². The van der Waals surface area contributed by atoms with E-state index in [1.165, 1.54) is 4.88 Å². The number of carbonyl (C=O) groups excluding carboxylic acids is 1. The van der Waals surface area contributed by atoms with Gasteiger partial charge in [-0.1, -0.05) is 17.7 Å². The number of thiophene rings is 1. The number of hydrogen-bond acceptors (Lipinski definition) is 5. The maximum Gasteiger partial charge on any atom is 0.259 e. The lowest BCUT2D eigenvalue weighted by Crippen LogP contribution is -2.16. The van der Waals surface area contributed by atoms with Crippen LogP contribution < -0.4 is 15.4 Å². The van der Waals surface area contributed by atoms with Crippen LogP contribution in [0.4, 0.5) is 10.7 Å². The molecule has 0 unspecified atom stereocenters. The van der Waals surface area contributed by atoms with Gasteiger partial charge >= 0.3 is 0 Å². The number of benzene rings is 1. The van der Waals surface area contributed by atoms with Crippen molar-refractivity contribution in [3.63, 3.8) is 0 Å². The molecule has 2 aromatic heterocycles. The van der Waals surface area contributed by atoms with E-state index in [0.717, 1.165) is 41.1 Å².